The lowest BCUT2D eigenvalue weighted by Gasteiger charge is -2.24. The molecule has 14 heteroatoms. The summed E-state index contributed by atoms with van der Waals surface area (Å²) in [5, 5.41) is 6.70. The van der Waals surface area contributed by atoms with Gasteiger partial charge in [0.25, 0.3) is 0 Å². The highest BCUT2D eigenvalue weighted by molar-refractivity contribution is 7.89. The third kappa shape index (κ3) is 5.09. The molecular weight excluding hydrogens is 509 g/mol. The largest absolute Gasteiger partial charge is 0.433 e. The molecule has 1 aliphatic rings. The van der Waals surface area contributed by atoms with Crippen LogP contribution in [-0.4, -0.2) is 52.2 Å². The van der Waals surface area contributed by atoms with Gasteiger partial charge in [0, 0.05) is 24.8 Å². The summed E-state index contributed by atoms with van der Waals surface area (Å²) in [6.07, 6.45) is -4.05. The number of aryl methyl sites for hydroxylation is 1. The quantitative estimate of drug-likeness (QED) is 0.495. The summed E-state index contributed by atoms with van der Waals surface area (Å²) in [4.78, 5) is 15.9. The number of rotatable bonds is 6. The predicted octanol–water partition coefficient (Wildman–Crippen LogP) is 3.15. The van der Waals surface area contributed by atoms with E-state index in [1.54, 1.807) is 6.92 Å². The Morgan fingerprint density at radius 2 is 1.86 bits per heavy atom. The number of pyridine rings is 1. The lowest BCUT2D eigenvalue weighted by atomic mass is 10.2. The topological polar surface area (TPSA) is 97.2 Å². The summed E-state index contributed by atoms with van der Waals surface area (Å²) in [7, 11) is -4.26. The average Bonchev–Trinajstić information content (AvgIpc) is 3.40. The number of sulfonamides is 1. The molecule has 3 heterocycles. The first-order valence-corrected chi connectivity index (χ1v) is 12.1. The van der Waals surface area contributed by atoms with Crippen LogP contribution in [0, 0.1) is 12.7 Å². The zero-order chi connectivity index (χ0) is 26.3. The highest BCUT2D eigenvalue weighted by Gasteiger charge is 2.46. The van der Waals surface area contributed by atoms with Gasteiger partial charge < -0.3 is 5.32 Å². The maximum Gasteiger partial charge on any atom is 0.433 e. The zero-order valence-corrected chi connectivity index (χ0v) is 19.5. The fourth-order valence-electron chi connectivity index (χ4n) is 3.81. The number of halogens is 5. The third-order valence-corrected chi connectivity index (χ3v) is 7.62. The van der Waals surface area contributed by atoms with Gasteiger partial charge in [0.1, 0.15) is 23.7 Å². The van der Waals surface area contributed by atoms with Crippen molar-refractivity contribution >= 4 is 15.9 Å². The van der Waals surface area contributed by atoms with Crippen LogP contribution in [0.3, 0.4) is 0 Å². The van der Waals surface area contributed by atoms with Gasteiger partial charge in [-0.25, -0.2) is 26.9 Å². The van der Waals surface area contributed by atoms with Crippen molar-refractivity contribution in [3.05, 3.63) is 71.6 Å². The van der Waals surface area contributed by atoms with Gasteiger partial charge in [-0.15, -0.1) is 0 Å². The van der Waals surface area contributed by atoms with Crippen LogP contribution in [-0.2, 0) is 27.5 Å². The molecule has 1 amide bonds. The smallest absolute Gasteiger partial charge is 0.350 e. The Hall–Kier alpha value is -3.39. The van der Waals surface area contributed by atoms with Crippen LogP contribution in [0.25, 0.3) is 5.69 Å². The molecule has 0 radical (unpaired) electrons. The monoisotopic (exact) mass is 529 g/mol. The molecule has 2 aromatic heterocycles. The Labute approximate surface area is 202 Å². The normalized spacial score (nSPS) is 18.9. The van der Waals surface area contributed by atoms with Crippen molar-refractivity contribution in [2.75, 3.05) is 6.54 Å². The van der Waals surface area contributed by atoms with E-state index in [1.165, 1.54) is 16.9 Å². The number of nitrogens with zero attached hydrogens (tertiary/aromatic N) is 4. The van der Waals surface area contributed by atoms with Crippen molar-refractivity contribution in [2.45, 2.75) is 43.2 Å². The Kier molecular flexibility index (Phi) is 6.84. The van der Waals surface area contributed by atoms with E-state index in [0.717, 1.165) is 40.8 Å². The molecule has 0 saturated carbocycles. The molecule has 8 nitrogen and oxygen atoms in total. The summed E-state index contributed by atoms with van der Waals surface area (Å²) in [5.74, 6) is -1.51. The second-order valence-corrected chi connectivity index (χ2v) is 10.0. The fourth-order valence-corrected chi connectivity index (χ4v) is 5.44. The summed E-state index contributed by atoms with van der Waals surface area (Å²) in [5.41, 5.74) is 0.110. The van der Waals surface area contributed by atoms with E-state index in [9.17, 15) is 35.2 Å². The number of hydrogen-bond acceptors (Lipinski definition) is 5. The van der Waals surface area contributed by atoms with Crippen LogP contribution < -0.4 is 5.32 Å². The maximum absolute atomic E-state index is 14.6. The van der Waals surface area contributed by atoms with Gasteiger partial charge in [-0.1, -0.05) is 0 Å². The van der Waals surface area contributed by atoms with Crippen LogP contribution in [0.1, 0.15) is 23.4 Å². The lowest BCUT2D eigenvalue weighted by Crippen LogP contribution is -2.49. The van der Waals surface area contributed by atoms with Crippen molar-refractivity contribution < 1.29 is 35.2 Å². The number of hydrogen-bond donors (Lipinski definition) is 1. The minimum Gasteiger partial charge on any atom is -0.350 e. The number of nitrogens with one attached hydrogen (secondary N) is 1. The van der Waals surface area contributed by atoms with Crippen molar-refractivity contribution in [1.82, 2.24) is 24.4 Å². The first kappa shape index (κ1) is 25.7. The van der Waals surface area contributed by atoms with Gasteiger partial charge in [-0.3, -0.25) is 4.79 Å². The van der Waals surface area contributed by atoms with Crippen molar-refractivity contribution in [3.8, 4) is 5.69 Å². The summed E-state index contributed by atoms with van der Waals surface area (Å²) < 4.78 is 93.9. The van der Waals surface area contributed by atoms with E-state index < -0.39 is 45.8 Å². The van der Waals surface area contributed by atoms with Gasteiger partial charge in [0.15, 0.2) is 0 Å². The molecule has 3 aromatic rings. The number of amides is 1. The van der Waals surface area contributed by atoms with E-state index in [2.05, 4.69) is 15.4 Å². The van der Waals surface area contributed by atoms with Crippen molar-refractivity contribution in [3.63, 3.8) is 0 Å². The second kappa shape index (κ2) is 9.58. The molecule has 192 valence electrons. The van der Waals surface area contributed by atoms with Gasteiger partial charge in [-0.2, -0.15) is 22.6 Å². The second-order valence-electron chi connectivity index (χ2n) is 8.12. The predicted molar refractivity (Wildman–Crippen MR) is 117 cm³/mol. The lowest BCUT2D eigenvalue weighted by molar-refractivity contribution is -0.141. The van der Waals surface area contributed by atoms with E-state index in [-0.39, 0.29) is 30.1 Å². The molecule has 1 saturated heterocycles. The number of alkyl halides is 4. The van der Waals surface area contributed by atoms with Crippen LogP contribution in [0.2, 0.25) is 0 Å². The third-order valence-electron chi connectivity index (χ3n) is 5.72. The van der Waals surface area contributed by atoms with Crippen molar-refractivity contribution in [1.29, 1.82) is 0 Å². The standard InChI is InChI=1S/C22H20F5N5O3S/c1-13-14(12-31(30-13)16-4-7-19(28-11-16)22(25,26)27)10-29-21(33)20-18(24)8-9-32(20)36(34,35)17-5-2-15(23)3-6-17/h2-7,11-12,18,20H,8-10H2,1H3,(H,29,33)/t18-,20-/m0/s1. The van der Waals surface area contributed by atoms with E-state index in [1.807, 2.05) is 0 Å². The van der Waals surface area contributed by atoms with E-state index in [0.29, 0.717) is 11.3 Å². The van der Waals surface area contributed by atoms with Gasteiger partial charge in [0.05, 0.1) is 22.5 Å². The molecule has 36 heavy (non-hydrogen) atoms. The van der Waals surface area contributed by atoms with Gasteiger partial charge >= 0.3 is 6.18 Å². The molecule has 1 aromatic carbocycles. The number of carbonyl (C=O) groups excluding carboxylic acids is 1. The van der Waals surface area contributed by atoms with E-state index in [4.69, 9.17) is 0 Å². The number of benzene rings is 1. The Balaban J connectivity index is 1.48. The molecule has 1 aliphatic heterocycles. The first-order chi connectivity index (χ1) is 16.9. The fraction of sp³-hybridized carbons (Fsp3) is 0.318. The minimum atomic E-state index is -4.58. The number of aromatic nitrogens is 3. The molecule has 1 N–H and O–H groups in total. The summed E-state index contributed by atoms with van der Waals surface area (Å²) >= 11 is 0. The Morgan fingerprint density at radius 1 is 1.17 bits per heavy atom. The molecule has 0 unspecified atom stereocenters. The van der Waals surface area contributed by atoms with Crippen LogP contribution >= 0.6 is 0 Å². The molecular formula is C22H20F5N5O3S. The molecule has 1 fully saturated rings. The molecule has 2 atom stereocenters. The molecule has 0 aliphatic carbocycles. The molecule has 4 rings (SSSR count). The Bertz CT molecular complexity index is 1360. The van der Waals surface area contributed by atoms with E-state index >= 15 is 0 Å². The zero-order valence-electron chi connectivity index (χ0n) is 18.7. The SMILES string of the molecule is Cc1nn(-c2ccc(C(F)(F)F)nc2)cc1CNC(=O)[C@@H]1[C@@H](F)CCN1S(=O)(=O)c1ccc(F)cc1. The van der Waals surface area contributed by atoms with Gasteiger partial charge in [-0.05, 0) is 49.7 Å². The molecule has 0 spiro atoms. The van der Waals surface area contributed by atoms with Crippen molar-refractivity contribution in [2.24, 2.45) is 0 Å². The van der Waals surface area contributed by atoms with Gasteiger partial charge in [0.2, 0.25) is 15.9 Å². The number of carbonyl (C=O) groups is 1. The highest BCUT2D eigenvalue weighted by Crippen LogP contribution is 2.29. The first-order valence-electron chi connectivity index (χ1n) is 10.7. The minimum absolute atomic E-state index is 0.133. The Morgan fingerprint density at radius 3 is 2.47 bits per heavy atom. The van der Waals surface area contributed by atoms with Crippen LogP contribution in [0.5, 0.6) is 0 Å². The summed E-state index contributed by atoms with van der Waals surface area (Å²) in [6.45, 7) is 1.25. The summed E-state index contributed by atoms with van der Waals surface area (Å²) in [6, 6.07) is 4.38. The average molecular weight is 529 g/mol. The molecule has 0 bridgehead atoms. The highest BCUT2D eigenvalue weighted by atomic mass is 32.2. The van der Waals surface area contributed by atoms with Crippen LogP contribution in [0.4, 0.5) is 22.0 Å². The maximum atomic E-state index is 14.6. The van der Waals surface area contributed by atoms with Crippen LogP contribution in [0.15, 0.2) is 53.7 Å².